The molecule has 2 saturated heterocycles. The molecule has 62 heavy (non-hydrogen) atoms. The van der Waals surface area contributed by atoms with E-state index in [1.54, 1.807) is 32.0 Å². The Kier molecular flexibility index (Phi) is 12.3. The van der Waals surface area contributed by atoms with Gasteiger partial charge in [0.05, 0.1) is 35.6 Å². The molecular formula is C45H59NO16. The minimum atomic E-state index is -2.34. The maximum atomic E-state index is 15.6. The van der Waals surface area contributed by atoms with Gasteiger partial charge in [-0.25, -0.2) is 14.4 Å². The standard InChI is InChI=1S/C45H59NO16/c1-21(2)17-26(46-29(50)19-41(6,7)8)31(51)39(54)58-32-22(3)30-33(57-23(4)47)35(52)43(11)27(49)18-28-44(20-56-28,61-24(5)48)34(43)37(59-38(53)25-15-13-12-14-16-25)45(42(30,9)10)36(32)60-40(55)62-45/h12-16,21,26-28,31-34,36-37,49,51H,17-20H2,1-11H3,(H,46,50)/t26?,27-,28+,31+,32+,33+,34-,36-,37-,43+,44-,45?/m0/s1. The quantitative estimate of drug-likeness (QED) is 0.163. The Labute approximate surface area is 360 Å². The van der Waals surface area contributed by atoms with Gasteiger partial charge in [-0.3, -0.25) is 19.2 Å². The van der Waals surface area contributed by atoms with Crippen LogP contribution in [0.15, 0.2) is 41.5 Å². The van der Waals surface area contributed by atoms with Gasteiger partial charge in [-0.1, -0.05) is 66.7 Å². The van der Waals surface area contributed by atoms with Crippen molar-refractivity contribution in [3.63, 3.8) is 0 Å². The number of carbonyl (C=O) groups is 7. The Morgan fingerprint density at radius 3 is 2.16 bits per heavy atom. The van der Waals surface area contributed by atoms with Gasteiger partial charge in [0.25, 0.3) is 0 Å². The molecule has 17 nitrogen and oxygen atoms in total. The second kappa shape index (κ2) is 16.4. The number of hydrogen-bond donors (Lipinski definition) is 3. The van der Waals surface area contributed by atoms with E-state index in [1.165, 1.54) is 26.0 Å². The van der Waals surface area contributed by atoms with Crippen molar-refractivity contribution in [1.82, 2.24) is 5.32 Å². The van der Waals surface area contributed by atoms with Gasteiger partial charge in [-0.2, -0.15) is 0 Å². The molecule has 2 heterocycles. The lowest BCUT2D eigenvalue weighted by atomic mass is 9.44. The number of amides is 1. The molecule has 1 amide bonds. The molecule has 1 aromatic carbocycles. The van der Waals surface area contributed by atoms with E-state index in [1.807, 2.05) is 34.6 Å². The maximum absolute atomic E-state index is 15.6. The number of rotatable bonds is 11. The number of ether oxygens (including phenoxy) is 7. The highest BCUT2D eigenvalue weighted by molar-refractivity contribution is 5.96. The molecule has 2 aliphatic heterocycles. The van der Waals surface area contributed by atoms with E-state index in [4.69, 9.17) is 33.2 Å². The van der Waals surface area contributed by atoms with Gasteiger partial charge in [0.2, 0.25) is 11.5 Å². The Morgan fingerprint density at radius 2 is 1.61 bits per heavy atom. The van der Waals surface area contributed by atoms with Crippen LogP contribution in [0.5, 0.6) is 0 Å². The highest BCUT2D eigenvalue weighted by Gasteiger charge is 2.83. The van der Waals surface area contributed by atoms with Gasteiger partial charge in [-0.15, -0.1) is 0 Å². The van der Waals surface area contributed by atoms with Crippen molar-refractivity contribution in [2.24, 2.45) is 28.1 Å². The van der Waals surface area contributed by atoms with E-state index < -0.39 is 124 Å². The minimum absolute atomic E-state index is 0.0297. The first-order valence-corrected chi connectivity index (χ1v) is 21.0. The number of fused-ring (bicyclic) bond motifs is 4. The van der Waals surface area contributed by atoms with Gasteiger partial charge < -0.3 is 48.7 Å². The molecule has 2 bridgehead atoms. The highest BCUT2D eigenvalue weighted by Crippen LogP contribution is 2.67. The van der Waals surface area contributed by atoms with Crippen LogP contribution in [0.4, 0.5) is 4.79 Å². The predicted molar refractivity (Wildman–Crippen MR) is 215 cm³/mol. The van der Waals surface area contributed by atoms with Crippen LogP contribution in [-0.4, -0.2) is 119 Å². The van der Waals surface area contributed by atoms with E-state index in [-0.39, 0.29) is 48.5 Å². The predicted octanol–water partition coefficient (Wildman–Crippen LogP) is 3.68. The Balaban J connectivity index is 1.61. The summed E-state index contributed by atoms with van der Waals surface area (Å²) in [6.45, 7) is 17.1. The second-order valence-corrected chi connectivity index (χ2v) is 19.7. The molecule has 1 aromatic rings. The Bertz CT molecular complexity index is 2040. The van der Waals surface area contributed by atoms with Crippen molar-refractivity contribution in [3.8, 4) is 0 Å². The van der Waals surface area contributed by atoms with E-state index in [9.17, 15) is 39.0 Å². The number of carbonyl (C=O) groups excluding carboxylic acids is 7. The Morgan fingerprint density at radius 1 is 0.968 bits per heavy atom. The zero-order valence-corrected chi connectivity index (χ0v) is 37.1. The maximum Gasteiger partial charge on any atom is 0.509 e. The molecule has 2 unspecified atom stereocenters. The smallest absolute Gasteiger partial charge is 0.454 e. The summed E-state index contributed by atoms with van der Waals surface area (Å²) >= 11 is 0. The van der Waals surface area contributed by atoms with Gasteiger partial charge in [0, 0.05) is 32.1 Å². The number of esters is 4. The number of benzene rings is 1. The van der Waals surface area contributed by atoms with Crippen LogP contribution in [0.2, 0.25) is 0 Å². The van der Waals surface area contributed by atoms with Crippen LogP contribution in [-0.2, 0) is 57.1 Å². The van der Waals surface area contributed by atoms with E-state index in [0.717, 1.165) is 13.8 Å². The molecule has 0 radical (unpaired) electrons. The van der Waals surface area contributed by atoms with Crippen molar-refractivity contribution in [3.05, 3.63) is 47.0 Å². The zero-order valence-electron chi connectivity index (χ0n) is 37.1. The summed E-state index contributed by atoms with van der Waals surface area (Å²) in [5, 5.41) is 26.6. The summed E-state index contributed by atoms with van der Waals surface area (Å²) in [5.74, 6) is -6.98. The number of Topliss-reactive ketones (excluding diaryl/α,β-unsaturated/α-hetero) is 1. The molecule has 4 fully saturated rings. The molecule has 3 N–H and O–H groups in total. The number of aliphatic hydroxyl groups is 2. The summed E-state index contributed by atoms with van der Waals surface area (Å²) in [6.07, 6.45) is -13.2. The topological polar surface area (TPSA) is 237 Å². The summed E-state index contributed by atoms with van der Waals surface area (Å²) in [5.41, 5.74) is -8.37. The summed E-state index contributed by atoms with van der Waals surface area (Å²) in [6, 6.07) is 6.63. The molecule has 5 aliphatic rings. The first-order valence-electron chi connectivity index (χ1n) is 21.0. The summed E-state index contributed by atoms with van der Waals surface area (Å²) in [7, 11) is 0. The minimum Gasteiger partial charge on any atom is -0.454 e. The van der Waals surface area contributed by atoms with E-state index in [2.05, 4.69) is 5.32 Å². The molecule has 12 atom stereocenters. The lowest BCUT2D eigenvalue weighted by Crippen LogP contribution is -2.83. The van der Waals surface area contributed by atoms with E-state index in [0.29, 0.717) is 0 Å². The first kappa shape index (κ1) is 46.6. The van der Waals surface area contributed by atoms with Crippen LogP contribution in [0.25, 0.3) is 0 Å². The number of aliphatic hydroxyl groups excluding tert-OH is 2. The lowest BCUT2D eigenvalue weighted by molar-refractivity contribution is -0.345. The van der Waals surface area contributed by atoms with Crippen molar-refractivity contribution in [2.45, 2.75) is 155 Å². The van der Waals surface area contributed by atoms with Crippen molar-refractivity contribution >= 4 is 41.7 Å². The number of ketones is 1. The third kappa shape index (κ3) is 7.67. The third-order valence-corrected chi connectivity index (χ3v) is 13.3. The fraction of sp³-hybridized carbons (Fsp3) is 0.667. The molecular weight excluding hydrogens is 810 g/mol. The zero-order chi connectivity index (χ0) is 46.1. The second-order valence-electron chi connectivity index (χ2n) is 19.7. The largest absolute Gasteiger partial charge is 0.509 e. The van der Waals surface area contributed by atoms with Crippen LogP contribution >= 0.6 is 0 Å². The molecule has 3 aliphatic carbocycles. The molecule has 2 saturated carbocycles. The van der Waals surface area contributed by atoms with Gasteiger partial charge in [0.1, 0.15) is 6.10 Å². The number of hydrogen-bond acceptors (Lipinski definition) is 16. The van der Waals surface area contributed by atoms with Gasteiger partial charge in [0.15, 0.2) is 41.9 Å². The van der Waals surface area contributed by atoms with Gasteiger partial charge in [-0.05, 0) is 54.9 Å². The SMILES string of the molecule is CC(=O)O[C@H]1C(=O)[C@@]2(C)[C@H]([C@H](OC(=O)c3ccccc3)C34OC(=O)O[C@H]3[C@H](OC(=O)[C@H](O)C(CC(C)C)NC(=O)CC(C)(C)C)C(C)=C1C4(C)C)[C@]1(OC(C)=O)CO[C@@H]1C[C@@H]2O. The van der Waals surface area contributed by atoms with Crippen molar-refractivity contribution in [2.75, 3.05) is 6.61 Å². The van der Waals surface area contributed by atoms with Crippen LogP contribution in [0.1, 0.15) is 106 Å². The van der Waals surface area contributed by atoms with Crippen LogP contribution < -0.4 is 5.32 Å². The monoisotopic (exact) mass is 869 g/mol. The fourth-order valence-corrected chi connectivity index (χ4v) is 10.7. The van der Waals surface area contributed by atoms with Gasteiger partial charge >= 0.3 is 30.0 Å². The molecule has 340 valence electrons. The molecule has 17 heteroatoms. The molecule has 6 rings (SSSR count). The average molecular weight is 870 g/mol. The fourth-order valence-electron chi connectivity index (χ4n) is 10.7. The molecule has 1 spiro atoms. The number of nitrogens with one attached hydrogen (secondary N) is 1. The van der Waals surface area contributed by atoms with Crippen molar-refractivity contribution in [1.29, 1.82) is 0 Å². The Hall–Kier alpha value is -4.87. The lowest BCUT2D eigenvalue weighted by Gasteiger charge is -2.67. The van der Waals surface area contributed by atoms with E-state index >= 15 is 4.79 Å². The normalized spacial score (nSPS) is 34.3. The highest BCUT2D eigenvalue weighted by atomic mass is 16.8. The first-order chi connectivity index (χ1) is 28.7. The third-order valence-electron chi connectivity index (χ3n) is 13.3. The summed E-state index contributed by atoms with van der Waals surface area (Å²) < 4.78 is 42.9. The van der Waals surface area contributed by atoms with Crippen LogP contribution in [0.3, 0.4) is 0 Å². The summed E-state index contributed by atoms with van der Waals surface area (Å²) in [4.78, 5) is 97.6. The van der Waals surface area contributed by atoms with Crippen LogP contribution in [0, 0.1) is 28.1 Å². The molecule has 0 aromatic heterocycles. The van der Waals surface area contributed by atoms with Crippen molar-refractivity contribution < 1.29 is 76.9 Å². The average Bonchev–Trinajstić information content (AvgIpc) is 3.52.